The summed E-state index contributed by atoms with van der Waals surface area (Å²) < 4.78 is 42.8. The molecule has 0 saturated carbocycles. The molecule has 0 bridgehead atoms. The van der Waals surface area contributed by atoms with Gasteiger partial charge in [0.05, 0.1) is 11.1 Å². The maximum absolute atomic E-state index is 13.3. The van der Waals surface area contributed by atoms with Crippen LogP contribution in [-0.4, -0.2) is 31.7 Å². The minimum Gasteiger partial charge on any atom is -0.325 e. The summed E-state index contributed by atoms with van der Waals surface area (Å²) in [4.78, 5) is 13.4. The first kappa shape index (κ1) is 21.0. The molecule has 2 atom stereocenters. The minimum absolute atomic E-state index is 0.143. The lowest BCUT2D eigenvalue weighted by Crippen LogP contribution is -2.55. The van der Waals surface area contributed by atoms with Crippen molar-refractivity contribution >= 4 is 72.3 Å². The van der Waals surface area contributed by atoms with Crippen LogP contribution in [0.5, 0.6) is 0 Å². The van der Waals surface area contributed by atoms with Crippen LogP contribution in [0.3, 0.4) is 0 Å². The molecule has 2 heterocycles. The molecule has 1 aliphatic heterocycles. The smallest absolute Gasteiger partial charge is 0.280 e. The third kappa shape index (κ3) is 4.47. The fourth-order valence-electron chi connectivity index (χ4n) is 2.63. The number of nitrogens with zero attached hydrogens (tertiary/aromatic N) is 1. The molecule has 1 aromatic carbocycles. The van der Waals surface area contributed by atoms with Crippen LogP contribution in [0.25, 0.3) is 0 Å². The Kier molecular flexibility index (Phi) is 6.17. The SMILES string of the molecule is CN1[C@H](C(=O)Nc2ccc(F)c(Cl)c2)C[C@H](c2cc(Br)c(Cl)s2)NS1(=O)=O. The molecule has 1 amide bonds. The van der Waals surface area contributed by atoms with Gasteiger partial charge in [-0.25, -0.2) is 4.39 Å². The lowest BCUT2D eigenvalue weighted by Gasteiger charge is -2.35. The zero-order chi connectivity index (χ0) is 19.9. The average Bonchev–Trinajstić information content (AvgIpc) is 2.92. The van der Waals surface area contributed by atoms with E-state index in [2.05, 4.69) is 26.0 Å². The van der Waals surface area contributed by atoms with E-state index in [1.165, 1.54) is 30.5 Å². The van der Waals surface area contributed by atoms with Gasteiger partial charge < -0.3 is 5.32 Å². The number of halogens is 4. The molecule has 6 nitrogen and oxygen atoms in total. The molecule has 1 aromatic heterocycles. The van der Waals surface area contributed by atoms with Gasteiger partial charge >= 0.3 is 0 Å². The summed E-state index contributed by atoms with van der Waals surface area (Å²) in [6.07, 6.45) is 0.194. The molecule has 1 aliphatic rings. The van der Waals surface area contributed by atoms with Crippen molar-refractivity contribution < 1.29 is 17.6 Å². The standard InChI is InChI=1S/C15H13BrCl2FN3O3S2/c1-22-12(15(23)20-7-2-3-10(19)9(17)4-7)6-11(21-27(22,24)25)13-5-8(16)14(18)26-13/h2-5,11-12,21H,6H2,1H3,(H,20,23)/t11-,12+/m1/s1. The second-order valence-corrected chi connectivity index (χ2v) is 10.5. The highest BCUT2D eigenvalue weighted by Gasteiger charge is 2.41. The van der Waals surface area contributed by atoms with E-state index in [0.717, 1.165) is 10.4 Å². The number of hydrogen-bond donors (Lipinski definition) is 2. The van der Waals surface area contributed by atoms with Crippen LogP contribution < -0.4 is 10.0 Å². The molecular weight excluding hydrogens is 504 g/mol. The number of nitrogens with one attached hydrogen (secondary N) is 2. The summed E-state index contributed by atoms with van der Waals surface area (Å²) in [5, 5.41) is 2.44. The Balaban J connectivity index is 1.85. The van der Waals surface area contributed by atoms with E-state index in [1.807, 2.05) is 0 Å². The Labute approximate surface area is 178 Å². The van der Waals surface area contributed by atoms with Crippen LogP contribution in [0.4, 0.5) is 10.1 Å². The summed E-state index contributed by atoms with van der Waals surface area (Å²) in [6, 6.07) is 3.88. The highest BCUT2D eigenvalue weighted by molar-refractivity contribution is 9.10. The molecule has 146 valence electrons. The lowest BCUT2D eigenvalue weighted by atomic mass is 10.1. The van der Waals surface area contributed by atoms with Crippen molar-refractivity contribution in [3.8, 4) is 0 Å². The Morgan fingerprint density at radius 3 is 2.70 bits per heavy atom. The van der Waals surface area contributed by atoms with Gasteiger partial charge in [0.1, 0.15) is 16.2 Å². The number of thiophene rings is 1. The van der Waals surface area contributed by atoms with Crippen LogP contribution in [0.15, 0.2) is 28.7 Å². The average molecular weight is 517 g/mol. The predicted octanol–water partition coefficient (Wildman–Crippen LogP) is 4.17. The van der Waals surface area contributed by atoms with E-state index >= 15 is 0 Å². The Morgan fingerprint density at radius 2 is 2.11 bits per heavy atom. The predicted molar refractivity (Wildman–Crippen MR) is 108 cm³/mol. The van der Waals surface area contributed by atoms with Crippen molar-refractivity contribution in [3.05, 3.63) is 48.8 Å². The number of likely N-dealkylation sites (N-methyl/N-ethyl adjacent to an activating group) is 1. The van der Waals surface area contributed by atoms with Gasteiger partial charge in [0.2, 0.25) is 5.91 Å². The normalized spacial score (nSPS) is 22.6. The van der Waals surface area contributed by atoms with Crippen molar-refractivity contribution in [1.29, 1.82) is 0 Å². The number of rotatable bonds is 3. The number of anilines is 1. The second-order valence-electron chi connectivity index (χ2n) is 5.83. The molecule has 1 saturated heterocycles. The van der Waals surface area contributed by atoms with Gasteiger partial charge in [-0.1, -0.05) is 23.2 Å². The van der Waals surface area contributed by atoms with Crippen LogP contribution in [-0.2, 0) is 15.0 Å². The summed E-state index contributed by atoms with van der Waals surface area (Å²) >= 11 is 16.3. The second kappa shape index (κ2) is 7.94. The largest absolute Gasteiger partial charge is 0.325 e. The topological polar surface area (TPSA) is 78.5 Å². The monoisotopic (exact) mass is 515 g/mol. The van der Waals surface area contributed by atoms with Crippen molar-refractivity contribution in [1.82, 2.24) is 9.03 Å². The minimum atomic E-state index is -3.88. The first-order chi connectivity index (χ1) is 12.6. The first-order valence-electron chi connectivity index (χ1n) is 7.54. The van der Waals surface area contributed by atoms with Crippen molar-refractivity contribution in [2.24, 2.45) is 0 Å². The molecule has 2 aromatic rings. The van der Waals surface area contributed by atoms with Gasteiger partial charge in [0.25, 0.3) is 10.2 Å². The molecule has 0 spiro atoms. The molecule has 0 unspecified atom stereocenters. The van der Waals surface area contributed by atoms with E-state index in [1.54, 1.807) is 6.07 Å². The molecule has 27 heavy (non-hydrogen) atoms. The fourth-order valence-corrected chi connectivity index (χ4v) is 5.95. The van der Waals surface area contributed by atoms with E-state index in [9.17, 15) is 17.6 Å². The van der Waals surface area contributed by atoms with Gasteiger partial charge in [0, 0.05) is 22.1 Å². The lowest BCUT2D eigenvalue weighted by molar-refractivity contribution is -0.120. The van der Waals surface area contributed by atoms with E-state index in [0.29, 0.717) is 13.7 Å². The Hall–Kier alpha value is -0.750. The maximum atomic E-state index is 13.3. The third-order valence-corrected chi connectivity index (χ3v) is 8.54. The van der Waals surface area contributed by atoms with E-state index < -0.39 is 34.0 Å². The van der Waals surface area contributed by atoms with Gasteiger partial charge in [-0.05, 0) is 46.6 Å². The van der Waals surface area contributed by atoms with Crippen LogP contribution in [0, 0.1) is 5.82 Å². The number of carbonyl (C=O) groups excluding carboxylic acids is 1. The Morgan fingerprint density at radius 1 is 1.41 bits per heavy atom. The van der Waals surface area contributed by atoms with Crippen molar-refractivity contribution in [2.75, 3.05) is 12.4 Å². The van der Waals surface area contributed by atoms with Gasteiger partial charge in [-0.2, -0.15) is 17.4 Å². The van der Waals surface area contributed by atoms with Crippen LogP contribution >= 0.6 is 50.5 Å². The molecule has 1 fully saturated rings. The Bertz CT molecular complexity index is 983. The fraction of sp³-hybridized carbons (Fsp3) is 0.267. The summed E-state index contributed by atoms with van der Waals surface area (Å²) in [7, 11) is -2.56. The molecule has 2 N–H and O–H groups in total. The molecule has 3 rings (SSSR count). The highest BCUT2D eigenvalue weighted by Crippen LogP contribution is 2.38. The van der Waals surface area contributed by atoms with E-state index in [-0.39, 0.29) is 17.1 Å². The zero-order valence-electron chi connectivity index (χ0n) is 13.7. The van der Waals surface area contributed by atoms with Gasteiger partial charge in [-0.15, -0.1) is 11.3 Å². The van der Waals surface area contributed by atoms with E-state index in [4.69, 9.17) is 23.2 Å². The zero-order valence-corrected chi connectivity index (χ0v) is 18.4. The summed E-state index contributed by atoms with van der Waals surface area (Å²) in [5.74, 6) is -1.16. The molecule has 0 radical (unpaired) electrons. The van der Waals surface area contributed by atoms with Crippen LogP contribution in [0.1, 0.15) is 17.3 Å². The number of carbonyl (C=O) groups is 1. The van der Waals surface area contributed by atoms with Crippen LogP contribution in [0.2, 0.25) is 9.36 Å². The maximum Gasteiger partial charge on any atom is 0.280 e. The molecular formula is C15H13BrCl2FN3O3S2. The number of benzene rings is 1. The number of amides is 1. The first-order valence-corrected chi connectivity index (χ1v) is 11.3. The number of hydrogen-bond acceptors (Lipinski definition) is 4. The molecule has 0 aliphatic carbocycles. The van der Waals surface area contributed by atoms with Gasteiger partial charge in [-0.3, -0.25) is 4.79 Å². The van der Waals surface area contributed by atoms with Crippen molar-refractivity contribution in [2.45, 2.75) is 18.5 Å². The quantitative estimate of drug-likeness (QED) is 0.642. The summed E-state index contributed by atoms with van der Waals surface area (Å²) in [5.41, 5.74) is 0.272. The highest BCUT2D eigenvalue weighted by atomic mass is 79.9. The third-order valence-electron chi connectivity index (χ3n) is 4.07. The van der Waals surface area contributed by atoms with Crippen molar-refractivity contribution in [3.63, 3.8) is 0 Å². The molecule has 12 heteroatoms. The summed E-state index contributed by atoms with van der Waals surface area (Å²) in [6.45, 7) is 0. The van der Waals surface area contributed by atoms with Gasteiger partial charge in [0.15, 0.2) is 0 Å².